The SMILES string of the molecule is COC1CCCC1NCc1sc(C)nc1C. The van der Waals surface area contributed by atoms with E-state index in [-0.39, 0.29) is 0 Å². The van der Waals surface area contributed by atoms with E-state index < -0.39 is 0 Å². The Morgan fingerprint density at radius 1 is 1.44 bits per heavy atom. The first kappa shape index (κ1) is 12.0. The second-order valence-corrected chi connectivity index (χ2v) is 5.72. The molecule has 0 amide bonds. The van der Waals surface area contributed by atoms with E-state index in [0.29, 0.717) is 12.1 Å². The van der Waals surface area contributed by atoms with Gasteiger partial charge in [-0.15, -0.1) is 11.3 Å². The van der Waals surface area contributed by atoms with Crippen LogP contribution in [0.5, 0.6) is 0 Å². The molecular weight excluding hydrogens is 220 g/mol. The third-order valence-corrected chi connectivity index (χ3v) is 4.35. The minimum atomic E-state index is 0.398. The highest BCUT2D eigenvalue weighted by atomic mass is 32.1. The average Bonchev–Trinajstić information content (AvgIpc) is 2.81. The Hall–Kier alpha value is -0.450. The molecule has 2 rings (SSSR count). The number of aromatic nitrogens is 1. The summed E-state index contributed by atoms with van der Waals surface area (Å²) in [6, 6.07) is 0.520. The molecule has 1 fully saturated rings. The van der Waals surface area contributed by atoms with Gasteiger partial charge in [0.25, 0.3) is 0 Å². The van der Waals surface area contributed by atoms with Crippen molar-refractivity contribution < 1.29 is 4.74 Å². The third-order valence-electron chi connectivity index (χ3n) is 3.28. The second-order valence-electron chi connectivity index (χ2n) is 4.43. The van der Waals surface area contributed by atoms with Gasteiger partial charge in [-0.25, -0.2) is 4.98 Å². The lowest BCUT2D eigenvalue weighted by atomic mass is 10.2. The smallest absolute Gasteiger partial charge is 0.0900 e. The summed E-state index contributed by atoms with van der Waals surface area (Å²) in [7, 11) is 1.81. The van der Waals surface area contributed by atoms with E-state index in [4.69, 9.17) is 4.74 Å². The van der Waals surface area contributed by atoms with E-state index in [1.54, 1.807) is 11.3 Å². The van der Waals surface area contributed by atoms with E-state index in [2.05, 4.69) is 24.1 Å². The molecule has 0 bridgehead atoms. The maximum atomic E-state index is 5.47. The number of methoxy groups -OCH3 is 1. The van der Waals surface area contributed by atoms with Crippen LogP contribution in [0.25, 0.3) is 0 Å². The highest BCUT2D eigenvalue weighted by Gasteiger charge is 2.26. The number of rotatable bonds is 4. The van der Waals surface area contributed by atoms with Crippen molar-refractivity contribution in [2.24, 2.45) is 0 Å². The average molecular weight is 240 g/mol. The first-order valence-corrected chi connectivity index (χ1v) is 6.71. The Morgan fingerprint density at radius 3 is 2.88 bits per heavy atom. The summed E-state index contributed by atoms with van der Waals surface area (Å²) in [6.07, 6.45) is 4.09. The van der Waals surface area contributed by atoms with Crippen molar-refractivity contribution >= 4 is 11.3 Å². The molecule has 1 aromatic heterocycles. The van der Waals surface area contributed by atoms with E-state index in [0.717, 1.165) is 11.6 Å². The molecule has 0 saturated heterocycles. The topological polar surface area (TPSA) is 34.1 Å². The summed E-state index contributed by atoms with van der Waals surface area (Å²) in [5, 5.41) is 4.75. The fourth-order valence-electron chi connectivity index (χ4n) is 2.40. The Labute approximate surface area is 101 Å². The van der Waals surface area contributed by atoms with Crippen LogP contribution in [0.2, 0.25) is 0 Å². The number of thiazole rings is 1. The molecule has 1 aliphatic carbocycles. The zero-order chi connectivity index (χ0) is 11.5. The number of nitrogens with zero attached hydrogens (tertiary/aromatic N) is 1. The lowest BCUT2D eigenvalue weighted by Crippen LogP contribution is -2.36. The molecule has 1 aliphatic rings. The molecule has 3 nitrogen and oxygen atoms in total. The predicted octanol–water partition coefficient (Wildman–Crippen LogP) is 2.42. The molecule has 90 valence electrons. The van der Waals surface area contributed by atoms with Gasteiger partial charge in [-0.3, -0.25) is 0 Å². The first-order valence-electron chi connectivity index (χ1n) is 5.90. The molecule has 0 aliphatic heterocycles. The second kappa shape index (κ2) is 5.25. The van der Waals surface area contributed by atoms with E-state index >= 15 is 0 Å². The van der Waals surface area contributed by atoms with Gasteiger partial charge in [-0.2, -0.15) is 0 Å². The maximum Gasteiger partial charge on any atom is 0.0900 e. The van der Waals surface area contributed by atoms with Crippen LogP contribution in [-0.2, 0) is 11.3 Å². The Balaban J connectivity index is 1.89. The van der Waals surface area contributed by atoms with Gasteiger partial charge in [0.05, 0.1) is 16.8 Å². The molecule has 1 aromatic rings. The van der Waals surface area contributed by atoms with Gasteiger partial charge in [0.15, 0.2) is 0 Å². The quantitative estimate of drug-likeness (QED) is 0.877. The van der Waals surface area contributed by atoms with Crippen LogP contribution in [0.4, 0.5) is 0 Å². The van der Waals surface area contributed by atoms with E-state index in [1.807, 2.05) is 7.11 Å². The number of nitrogens with one attached hydrogen (secondary N) is 1. The molecule has 1 N–H and O–H groups in total. The zero-order valence-corrected chi connectivity index (χ0v) is 11.1. The first-order chi connectivity index (χ1) is 7.70. The van der Waals surface area contributed by atoms with E-state index in [9.17, 15) is 0 Å². The van der Waals surface area contributed by atoms with Crippen LogP contribution in [0.1, 0.15) is 34.8 Å². The van der Waals surface area contributed by atoms with Crippen LogP contribution in [0.15, 0.2) is 0 Å². The van der Waals surface area contributed by atoms with Crippen molar-refractivity contribution in [3.05, 3.63) is 15.6 Å². The highest BCUT2D eigenvalue weighted by Crippen LogP contribution is 2.23. The number of hydrogen-bond donors (Lipinski definition) is 1. The number of aryl methyl sites for hydroxylation is 2. The van der Waals surface area contributed by atoms with Gasteiger partial charge >= 0.3 is 0 Å². The van der Waals surface area contributed by atoms with Gasteiger partial charge < -0.3 is 10.1 Å². The summed E-state index contributed by atoms with van der Waals surface area (Å²) in [5.74, 6) is 0. The zero-order valence-electron chi connectivity index (χ0n) is 10.2. The van der Waals surface area contributed by atoms with Crippen molar-refractivity contribution in [1.29, 1.82) is 0 Å². The molecule has 1 saturated carbocycles. The summed E-state index contributed by atoms with van der Waals surface area (Å²) >= 11 is 1.79. The summed E-state index contributed by atoms with van der Waals surface area (Å²) in [6.45, 7) is 5.08. The van der Waals surface area contributed by atoms with Gasteiger partial charge in [0.1, 0.15) is 0 Å². The predicted molar refractivity (Wildman–Crippen MR) is 66.9 cm³/mol. The molecule has 2 atom stereocenters. The van der Waals surface area contributed by atoms with Crippen LogP contribution in [0, 0.1) is 13.8 Å². The van der Waals surface area contributed by atoms with Crippen LogP contribution >= 0.6 is 11.3 Å². The number of ether oxygens (including phenoxy) is 1. The van der Waals surface area contributed by atoms with Gasteiger partial charge in [-0.05, 0) is 33.1 Å². The van der Waals surface area contributed by atoms with Gasteiger partial charge in [0, 0.05) is 24.6 Å². The van der Waals surface area contributed by atoms with Crippen molar-refractivity contribution in [2.75, 3.05) is 7.11 Å². The molecule has 2 unspecified atom stereocenters. The molecule has 4 heteroatoms. The van der Waals surface area contributed by atoms with Crippen molar-refractivity contribution in [3.63, 3.8) is 0 Å². The minimum Gasteiger partial charge on any atom is -0.380 e. The van der Waals surface area contributed by atoms with Crippen molar-refractivity contribution in [3.8, 4) is 0 Å². The third kappa shape index (κ3) is 2.62. The molecule has 0 spiro atoms. The van der Waals surface area contributed by atoms with Gasteiger partial charge in [0.2, 0.25) is 0 Å². The normalized spacial score (nSPS) is 25.2. The van der Waals surface area contributed by atoms with Gasteiger partial charge in [-0.1, -0.05) is 0 Å². The molecule has 1 heterocycles. The maximum absolute atomic E-state index is 5.47. The largest absolute Gasteiger partial charge is 0.380 e. The molecule has 16 heavy (non-hydrogen) atoms. The van der Waals surface area contributed by atoms with Crippen LogP contribution in [-0.4, -0.2) is 24.2 Å². The summed E-state index contributed by atoms with van der Waals surface area (Å²) < 4.78 is 5.47. The summed E-state index contributed by atoms with van der Waals surface area (Å²) in [4.78, 5) is 5.80. The van der Waals surface area contributed by atoms with Crippen LogP contribution in [0.3, 0.4) is 0 Å². The van der Waals surface area contributed by atoms with E-state index in [1.165, 1.54) is 29.8 Å². The lowest BCUT2D eigenvalue weighted by molar-refractivity contribution is 0.0848. The van der Waals surface area contributed by atoms with Crippen molar-refractivity contribution in [1.82, 2.24) is 10.3 Å². The Morgan fingerprint density at radius 2 is 2.25 bits per heavy atom. The molecular formula is C12H20N2OS. The fourth-order valence-corrected chi connectivity index (χ4v) is 3.29. The van der Waals surface area contributed by atoms with Crippen LogP contribution < -0.4 is 5.32 Å². The highest BCUT2D eigenvalue weighted by molar-refractivity contribution is 7.11. The Kier molecular flexibility index (Phi) is 3.95. The number of hydrogen-bond acceptors (Lipinski definition) is 4. The Bertz CT molecular complexity index is 351. The van der Waals surface area contributed by atoms with Crippen molar-refractivity contribution in [2.45, 2.75) is 51.8 Å². The minimum absolute atomic E-state index is 0.398. The lowest BCUT2D eigenvalue weighted by Gasteiger charge is -2.19. The molecule has 0 aromatic carbocycles. The standard InChI is InChI=1S/C12H20N2OS/c1-8-12(16-9(2)14-8)7-13-10-5-4-6-11(10)15-3/h10-11,13H,4-7H2,1-3H3. The molecule has 0 radical (unpaired) electrons. The monoisotopic (exact) mass is 240 g/mol. The summed E-state index contributed by atoms with van der Waals surface area (Å²) in [5.41, 5.74) is 1.17. The fraction of sp³-hybridized carbons (Fsp3) is 0.750.